The lowest BCUT2D eigenvalue weighted by molar-refractivity contribution is 0.248. The van der Waals surface area contributed by atoms with E-state index in [0.717, 1.165) is 23.9 Å². The lowest BCUT2D eigenvalue weighted by Gasteiger charge is -2.25. The molecule has 1 heterocycles. The van der Waals surface area contributed by atoms with Crippen LogP contribution in [-0.2, 0) is 0 Å². The third kappa shape index (κ3) is 4.91. The van der Waals surface area contributed by atoms with Crippen LogP contribution in [0.3, 0.4) is 0 Å². The molecule has 96 valence electrons. The highest BCUT2D eigenvalue weighted by atomic mass is 79.9. The smallest absolute Gasteiger partial charge is 0.149 e. The van der Waals surface area contributed by atoms with Crippen molar-refractivity contribution < 1.29 is 5.11 Å². The van der Waals surface area contributed by atoms with Gasteiger partial charge in [0.05, 0.1) is 5.69 Å². The van der Waals surface area contributed by atoms with Crippen LogP contribution < -0.4 is 11.1 Å². The van der Waals surface area contributed by atoms with Crippen molar-refractivity contribution in [3.63, 3.8) is 0 Å². The molecule has 4 N–H and O–H groups in total. The van der Waals surface area contributed by atoms with Crippen molar-refractivity contribution in [3.05, 3.63) is 16.7 Å². The van der Waals surface area contributed by atoms with Crippen LogP contribution in [0, 0.1) is 5.41 Å². The number of aliphatic hydroxyl groups excluding tert-OH is 1. The summed E-state index contributed by atoms with van der Waals surface area (Å²) in [7, 11) is 0. The van der Waals surface area contributed by atoms with Gasteiger partial charge in [0.1, 0.15) is 5.82 Å². The van der Waals surface area contributed by atoms with E-state index in [-0.39, 0.29) is 12.0 Å². The van der Waals surface area contributed by atoms with Crippen molar-refractivity contribution in [2.75, 3.05) is 24.2 Å². The van der Waals surface area contributed by atoms with E-state index in [9.17, 15) is 0 Å². The predicted octanol–water partition coefficient (Wildman–Crippen LogP) is 2.64. The SMILES string of the molecule is CC(C)(CCCO)CNc1ncc(Br)cc1N. The first-order valence-corrected chi connectivity index (χ1v) is 6.50. The number of nitrogens with two attached hydrogens (primary N) is 1. The molecule has 17 heavy (non-hydrogen) atoms. The van der Waals surface area contributed by atoms with E-state index >= 15 is 0 Å². The van der Waals surface area contributed by atoms with Gasteiger partial charge >= 0.3 is 0 Å². The van der Waals surface area contributed by atoms with Crippen molar-refractivity contribution in [1.82, 2.24) is 4.98 Å². The van der Waals surface area contributed by atoms with Crippen LogP contribution in [-0.4, -0.2) is 23.2 Å². The number of hydrogen-bond donors (Lipinski definition) is 3. The summed E-state index contributed by atoms with van der Waals surface area (Å²) in [6.07, 6.45) is 3.50. The van der Waals surface area contributed by atoms with Crippen LogP contribution in [0.1, 0.15) is 26.7 Å². The number of pyridine rings is 1. The molecule has 0 atom stereocenters. The molecule has 0 aromatic carbocycles. The lowest BCUT2D eigenvalue weighted by atomic mass is 9.88. The molecule has 1 rings (SSSR count). The second kappa shape index (κ2) is 6.21. The largest absolute Gasteiger partial charge is 0.396 e. The zero-order chi connectivity index (χ0) is 12.9. The van der Waals surface area contributed by atoms with Crippen molar-refractivity contribution in [1.29, 1.82) is 0 Å². The van der Waals surface area contributed by atoms with Crippen LogP contribution in [0.25, 0.3) is 0 Å². The second-order valence-corrected chi connectivity index (χ2v) is 5.85. The van der Waals surface area contributed by atoms with Gasteiger partial charge in [0.15, 0.2) is 0 Å². The summed E-state index contributed by atoms with van der Waals surface area (Å²) in [5.74, 6) is 0.713. The van der Waals surface area contributed by atoms with Gasteiger partial charge in [-0.25, -0.2) is 4.98 Å². The van der Waals surface area contributed by atoms with Gasteiger partial charge in [-0.3, -0.25) is 0 Å². The number of nitrogens with zero attached hydrogens (tertiary/aromatic N) is 1. The van der Waals surface area contributed by atoms with E-state index in [4.69, 9.17) is 10.8 Å². The van der Waals surface area contributed by atoms with Crippen molar-refractivity contribution >= 4 is 27.4 Å². The molecule has 0 aliphatic heterocycles. The fourth-order valence-corrected chi connectivity index (χ4v) is 1.92. The molecule has 0 fully saturated rings. The Morgan fingerprint density at radius 3 is 2.82 bits per heavy atom. The van der Waals surface area contributed by atoms with Crippen molar-refractivity contribution in [2.24, 2.45) is 5.41 Å². The maximum Gasteiger partial charge on any atom is 0.149 e. The van der Waals surface area contributed by atoms with Crippen LogP contribution in [0.4, 0.5) is 11.5 Å². The quantitative estimate of drug-likeness (QED) is 0.755. The number of aliphatic hydroxyl groups is 1. The minimum Gasteiger partial charge on any atom is -0.396 e. The molecule has 1 aromatic rings. The van der Waals surface area contributed by atoms with Gasteiger partial charge in [0.25, 0.3) is 0 Å². The third-order valence-corrected chi connectivity index (χ3v) is 3.06. The van der Waals surface area contributed by atoms with Crippen LogP contribution in [0.15, 0.2) is 16.7 Å². The number of hydrogen-bond acceptors (Lipinski definition) is 4. The number of anilines is 2. The van der Waals surface area contributed by atoms with Crippen LogP contribution in [0.2, 0.25) is 0 Å². The maximum absolute atomic E-state index is 8.83. The highest BCUT2D eigenvalue weighted by Crippen LogP contribution is 2.25. The number of halogens is 1. The van der Waals surface area contributed by atoms with Gasteiger partial charge in [-0.1, -0.05) is 13.8 Å². The maximum atomic E-state index is 8.83. The summed E-state index contributed by atoms with van der Waals surface area (Å²) in [6, 6.07) is 1.83. The molecule has 0 spiro atoms. The Bertz CT molecular complexity index is 369. The molecule has 0 bridgehead atoms. The van der Waals surface area contributed by atoms with Crippen molar-refractivity contribution in [2.45, 2.75) is 26.7 Å². The van der Waals surface area contributed by atoms with Gasteiger partial charge in [-0.15, -0.1) is 0 Å². The highest BCUT2D eigenvalue weighted by molar-refractivity contribution is 9.10. The number of nitrogens with one attached hydrogen (secondary N) is 1. The molecular weight excluding hydrogens is 282 g/mol. The molecular formula is C12H20BrN3O. The number of nitrogen functional groups attached to an aromatic ring is 1. The Morgan fingerprint density at radius 2 is 2.24 bits per heavy atom. The molecule has 1 aromatic heterocycles. The Labute approximate surface area is 111 Å². The minimum atomic E-state index is 0.115. The normalized spacial score (nSPS) is 11.5. The zero-order valence-corrected chi connectivity index (χ0v) is 11.9. The van der Waals surface area contributed by atoms with E-state index in [1.807, 2.05) is 6.07 Å². The third-order valence-electron chi connectivity index (χ3n) is 2.63. The Hall–Kier alpha value is -0.810. The molecule has 0 saturated carbocycles. The molecule has 4 nitrogen and oxygen atoms in total. The minimum absolute atomic E-state index is 0.115. The van der Waals surface area contributed by atoms with E-state index in [1.165, 1.54) is 0 Å². The first-order chi connectivity index (χ1) is 7.94. The fourth-order valence-electron chi connectivity index (χ4n) is 1.57. The average Bonchev–Trinajstić information content (AvgIpc) is 2.25. The summed E-state index contributed by atoms with van der Waals surface area (Å²) in [5, 5.41) is 12.1. The Morgan fingerprint density at radius 1 is 1.53 bits per heavy atom. The highest BCUT2D eigenvalue weighted by Gasteiger charge is 2.17. The van der Waals surface area contributed by atoms with Gasteiger partial charge in [-0.2, -0.15) is 0 Å². The Kier molecular flexibility index (Phi) is 5.21. The van der Waals surface area contributed by atoms with E-state index < -0.39 is 0 Å². The van der Waals surface area contributed by atoms with E-state index in [1.54, 1.807) is 6.20 Å². The number of aromatic nitrogens is 1. The zero-order valence-electron chi connectivity index (χ0n) is 10.3. The first-order valence-electron chi connectivity index (χ1n) is 5.70. The summed E-state index contributed by atoms with van der Waals surface area (Å²) in [6.45, 7) is 5.34. The van der Waals surface area contributed by atoms with Gasteiger partial charge in [-0.05, 0) is 40.3 Å². The number of rotatable bonds is 6. The molecule has 0 unspecified atom stereocenters. The van der Waals surface area contributed by atoms with E-state index in [2.05, 4.69) is 40.1 Å². The monoisotopic (exact) mass is 301 g/mol. The van der Waals surface area contributed by atoms with E-state index in [0.29, 0.717) is 11.5 Å². The first kappa shape index (κ1) is 14.3. The predicted molar refractivity (Wildman–Crippen MR) is 74.9 cm³/mol. The summed E-state index contributed by atoms with van der Waals surface area (Å²) in [5.41, 5.74) is 6.61. The topological polar surface area (TPSA) is 71.2 Å². The Balaban J connectivity index is 2.54. The van der Waals surface area contributed by atoms with Crippen LogP contribution in [0.5, 0.6) is 0 Å². The molecule has 0 aliphatic rings. The van der Waals surface area contributed by atoms with Gasteiger partial charge < -0.3 is 16.2 Å². The molecule has 5 heteroatoms. The summed E-state index contributed by atoms with van der Waals surface area (Å²) >= 11 is 3.32. The molecule has 0 amide bonds. The molecule has 0 aliphatic carbocycles. The lowest BCUT2D eigenvalue weighted by Crippen LogP contribution is -2.24. The fraction of sp³-hybridized carbons (Fsp3) is 0.583. The summed E-state index contributed by atoms with van der Waals surface area (Å²) in [4.78, 5) is 4.23. The van der Waals surface area contributed by atoms with Gasteiger partial charge in [0.2, 0.25) is 0 Å². The molecule has 0 radical (unpaired) electrons. The second-order valence-electron chi connectivity index (χ2n) is 4.94. The van der Waals surface area contributed by atoms with Crippen molar-refractivity contribution in [3.8, 4) is 0 Å². The standard InChI is InChI=1S/C12H20BrN3O/c1-12(2,4-3-5-17)8-16-11-10(14)6-9(13)7-15-11/h6-7,17H,3-5,8,14H2,1-2H3,(H,15,16). The summed E-state index contributed by atoms with van der Waals surface area (Å²) < 4.78 is 0.875. The van der Waals surface area contributed by atoms with Crippen LogP contribution >= 0.6 is 15.9 Å². The molecule has 0 saturated heterocycles. The van der Waals surface area contributed by atoms with Gasteiger partial charge in [0, 0.05) is 23.8 Å². The average molecular weight is 302 g/mol.